The lowest BCUT2D eigenvalue weighted by molar-refractivity contribution is 0.0998. The molecule has 2 nitrogen and oxygen atoms in total. The first-order chi connectivity index (χ1) is 8.78. The predicted molar refractivity (Wildman–Crippen MR) is 71.4 cm³/mol. The van der Waals surface area contributed by atoms with Crippen molar-refractivity contribution in [1.29, 1.82) is 0 Å². The van der Waals surface area contributed by atoms with Gasteiger partial charge in [0, 0.05) is 13.1 Å². The number of hydrogen-bond donors (Lipinski definition) is 0. The van der Waals surface area contributed by atoms with E-state index in [9.17, 15) is 4.39 Å². The van der Waals surface area contributed by atoms with Gasteiger partial charge in [-0.15, -0.1) is 0 Å². The molecule has 1 aliphatic heterocycles. The van der Waals surface area contributed by atoms with Crippen LogP contribution in [0.5, 0.6) is 5.75 Å². The van der Waals surface area contributed by atoms with Crippen LogP contribution < -0.4 is 4.74 Å². The first-order valence-electron chi connectivity index (χ1n) is 6.92. The molecule has 0 N–H and O–H groups in total. The first kappa shape index (κ1) is 13.3. The topological polar surface area (TPSA) is 12.5 Å². The summed E-state index contributed by atoms with van der Waals surface area (Å²) in [6, 6.07) is 6.31. The monoisotopic (exact) mass is 251 g/mol. The van der Waals surface area contributed by atoms with Gasteiger partial charge >= 0.3 is 0 Å². The van der Waals surface area contributed by atoms with Crippen LogP contribution in [0.1, 0.15) is 32.6 Å². The molecule has 0 atom stereocenters. The van der Waals surface area contributed by atoms with Crippen LogP contribution in [0.15, 0.2) is 24.3 Å². The SMILES string of the molecule is CCCCN1CCC(Oc2ccc(F)cc2)CC1. The molecule has 0 unspecified atom stereocenters. The molecule has 0 spiro atoms. The van der Waals surface area contributed by atoms with E-state index < -0.39 is 0 Å². The van der Waals surface area contributed by atoms with Crippen molar-refractivity contribution in [1.82, 2.24) is 4.90 Å². The van der Waals surface area contributed by atoms with Gasteiger partial charge in [-0.2, -0.15) is 0 Å². The molecule has 1 saturated heterocycles. The Morgan fingerprint density at radius 1 is 1.22 bits per heavy atom. The zero-order valence-corrected chi connectivity index (χ0v) is 11.1. The van der Waals surface area contributed by atoms with Crippen molar-refractivity contribution in [3.63, 3.8) is 0 Å². The van der Waals surface area contributed by atoms with E-state index in [-0.39, 0.29) is 11.9 Å². The number of ether oxygens (including phenoxy) is 1. The first-order valence-corrected chi connectivity index (χ1v) is 6.92. The minimum absolute atomic E-state index is 0.211. The molecule has 0 aromatic heterocycles. The van der Waals surface area contributed by atoms with Gasteiger partial charge in [0.15, 0.2) is 0 Å². The number of hydrogen-bond acceptors (Lipinski definition) is 2. The Labute approximate surface area is 109 Å². The van der Waals surface area contributed by atoms with Crippen LogP contribution in [0.2, 0.25) is 0 Å². The van der Waals surface area contributed by atoms with Crippen LogP contribution in [0.3, 0.4) is 0 Å². The molecule has 1 aliphatic rings. The van der Waals surface area contributed by atoms with Gasteiger partial charge in [0.2, 0.25) is 0 Å². The fraction of sp³-hybridized carbons (Fsp3) is 0.600. The summed E-state index contributed by atoms with van der Waals surface area (Å²) in [7, 11) is 0. The summed E-state index contributed by atoms with van der Waals surface area (Å²) in [4.78, 5) is 2.51. The van der Waals surface area contributed by atoms with Crippen LogP contribution in [-0.4, -0.2) is 30.6 Å². The Morgan fingerprint density at radius 3 is 2.50 bits per heavy atom. The normalized spacial score (nSPS) is 17.9. The second-order valence-electron chi connectivity index (χ2n) is 4.97. The van der Waals surface area contributed by atoms with Crippen LogP contribution in [0.25, 0.3) is 0 Å². The summed E-state index contributed by atoms with van der Waals surface area (Å²) in [5, 5.41) is 0. The average Bonchev–Trinajstić information content (AvgIpc) is 2.41. The summed E-state index contributed by atoms with van der Waals surface area (Å²) in [5.74, 6) is 0.570. The minimum atomic E-state index is -0.211. The number of likely N-dealkylation sites (tertiary alicyclic amines) is 1. The van der Waals surface area contributed by atoms with Crippen molar-refractivity contribution in [2.24, 2.45) is 0 Å². The lowest BCUT2D eigenvalue weighted by Crippen LogP contribution is -2.38. The Hall–Kier alpha value is -1.09. The lowest BCUT2D eigenvalue weighted by Gasteiger charge is -2.32. The van der Waals surface area contributed by atoms with Crippen molar-refractivity contribution in [3.05, 3.63) is 30.1 Å². The Morgan fingerprint density at radius 2 is 1.89 bits per heavy atom. The molecule has 0 radical (unpaired) electrons. The van der Waals surface area contributed by atoms with E-state index in [4.69, 9.17) is 4.74 Å². The second kappa shape index (κ2) is 6.74. The summed E-state index contributed by atoms with van der Waals surface area (Å²) in [6.45, 7) is 5.67. The summed E-state index contributed by atoms with van der Waals surface area (Å²) >= 11 is 0. The van der Waals surface area contributed by atoms with Gasteiger partial charge in [-0.3, -0.25) is 0 Å². The lowest BCUT2D eigenvalue weighted by atomic mass is 10.1. The van der Waals surface area contributed by atoms with Crippen molar-refractivity contribution < 1.29 is 9.13 Å². The summed E-state index contributed by atoms with van der Waals surface area (Å²) < 4.78 is 18.6. The number of nitrogens with zero attached hydrogens (tertiary/aromatic N) is 1. The summed E-state index contributed by atoms with van der Waals surface area (Å²) in [5.41, 5.74) is 0. The summed E-state index contributed by atoms with van der Waals surface area (Å²) in [6.07, 6.45) is 4.96. The molecule has 2 rings (SSSR count). The van der Waals surface area contributed by atoms with Gasteiger partial charge in [0.05, 0.1) is 0 Å². The Kier molecular flexibility index (Phi) is 5.00. The molecule has 1 aromatic rings. The number of unbranched alkanes of at least 4 members (excludes halogenated alkanes) is 1. The second-order valence-corrected chi connectivity index (χ2v) is 4.97. The number of piperidine rings is 1. The maximum absolute atomic E-state index is 12.8. The van der Waals surface area contributed by atoms with Crippen molar-refractivity contribution in [2.45, 2.75) is 38.7 Å². The zero-order valence-electron chi connectivity index (χ0n) is 11.1. The highest BCUT2D eigenvalue weighted by Crippen LogP contribution is 2.19. The van der Waals surface area contributed by atoms with Crippen molar-refractivity contribution in [3.8, 4) is 5.75 Å². The standard InChI is InChI=1S/C15H22FNO/c1-2-3-10-17-11-8-15(9-12-17)18-14-6-4-13(16)5-7-14/h4-7,15H,2-3,8-12H2,1H3. The van der Waals surface area contributed by atoms with E-state index in [0.717, 1.165) is 31.7 Å². The molecule has 3 heteroatoms. The molecule has 100 valence electrons. The van der Waals surface area contributed by atoms with Gasteiger partial charge in [-0.05, 0) is 50.1 Å². The van der Waals surface area contributed by atoms with E-state index in [1.807, 2.05) is 0 Å². The zero-order chi connectivity index (χ0) is 12.8. The van der Waals surface area contributed by atoms with E-state index in [0.29, 0.717) is 0 Å². The third-order valence-electron chi connectivity index (χ3n) is 3.48. The molecule has 18 heavy (non-hydrogen) atoms. The van der Waals surface area contributed by atoms with Crippen molar-refractivity contribution in [2.75, 3.05) is 19.6 Å². The molecule has 1 aromatic carbocycles. The minimum Gasteiger partial charge on any atom is -0.490 e. The highest BCUT2D eigenvalue weighted by Gasteiger charge is 2.19. The molecular weight excluding hydrogens is 229 g/mol. The molecule has 0 saturated carbocycles. The largest absolute Gasteiger partial charge is 0.490 e. The molecule has 0 amide bonds. The number of benzene rings is 1. The molecule has 0 aliphatic carbocycles. The Balaban J connectivity index is 1.74. The van der Waals surface area contributed by atoms with E-state index in [1.54, 1.807) is 12.1 Å². The fourth-order valence-corrected chi connectivity index (χ4v) is 2.34. The third kappa shape index (κ3) is 3.98. The van der Waals surface area contributed by atoms with Crippen LogP contribution in [-0.2, 0) is 0 Å². The smallest absolute Gasteiger partial charge is 0.123 e. The number of rotatable bonds is 5. The van der Waals surface area contributed by atoms with Crippen LogP contribution in [0, 0.1) is 5.82 Å². The van der Waals surface area contributed by atoms with Crippen molar-refractivity contribution >= 4 is 0 Å². The quantitative estimate of drug-likeness (QED) is 0.794. The maximum atomic E-state index is 12.8. The molecule has 0 bridgehead atoms. The van der Waals surface area contributed by atoms with E-state index in [2.05, 4.69) is 11.8 Å². The van der Waals surface area contributed by atoms with Gasteiger partial charge in [0.25, 0.3) is 0 Å². The predicted octanol–water partition coefficient (Wildman–Crippen LogP) is 3.47. The highest BCUT2D eigenvalue weighted by molar-refractivity contribution is 5.22. The molecule has 1 fully saturated rings. The average molecular weight is 251 g/mol. The van der Waals surface area contributed by atoms with Gasteiger partial charge < -0.3 is 9.64 Å². The van der Waals surface area contributed by atoms with Gasteiger partial charge in [-0.25, -0.2) is 4.39 Å². The number of halogens is 1. The van der Waals surface area contributed by atoms with E-state index >= 15 is 0 Å². The fourth-order valence-electron chi connectivity index (χ4n) is 2.34. The Bertz CT molecular complexity index is 344. The van der Waals surface area contributed by atoms with Gasteiger partial charge in [-0.1, -0.05) is 13.3 Å². The van der Waals surface area contributed by atoms with Gasteiger partial charge in [0.1, 0.15) is 17.7 Å². The third-order valence-corrected chi connectivity index (χ3v) is 3.48. The highest BCUT2D eigenvalue weighted by atomic mass is 19.1. The maximum Gasteiger partial charge on any atom is 0.123 e. The van der Waals surface area contributed by atoms with E-state index in [1.165, 1.54) is 31.5 Å². The molecular formula is C15H22FNO. The van der Waals surface area contributed by atoms with Crippen LogP contribution >= 0.6 is 0 Å². The van der Waals surface area contributed by atoms with Crippen LogP contribution in [0.4, 0.5) is 4.39 Å². The molecule has 1 heterocycles.